The molecule has 2 fully saturated rings. The third kappa shape index (κ3) is 4.03. The molecule has 0 aromatic carbocycles. The molecule has 0 bridgehead atoms. The van der Waals surface area contributed by atoms with Gasteiger partial charge < -0.3 is 15.5 Å². The van der Waals surface area contributed by atoms with E-state index in [1.165, 1.54) is 0 Å². The number of amides is 1. The summed E-state index contributed by atoms with van der Waals surface area (Å²) in [5.74, 6) is 2.19. The minimum Gasteiger partial charge on any atom is -0.341 e. The first-order valence-electron chi connectivity index (χ1n) is 10.0. The Morgan fingerprint density at radius 3 is 2.75 bits per heavy atom. The van der Waals surface area contributed by atoms with Gasteiger partial charge in [-0.2, -0.15) is 0 Å². The molecule has 2 aromatic rings. The van der Waals surface area contributed by atoms with Crippen LogP contribution in [0.15, 0.2) is 12.3 Å². The van der Waals surface area contributed by atoms with Crippen LogP contribution < -0.4 is 10.6 Å². The largest absolute Gasteiger partial charge is 0.341 e. The molecular weight excluding hydrogens is 372 g/mol. The number of rotatable bonds is 4. The summed E-state index contributed by atoms with van der Waals surface area (Å²) in [6.07, 6.45) is 5.67. The number of anilines is 2. The molecule has 1 amide bonds. The Labute approximate surface area is 170 Å². The molecule has 1 atom stereocenters. The minimum atomic E-state index is -0.379. The molecule has 2 aliphatic heterocycles. The maximum atomic E-state index is 12.9. The van der Waals surface area contributed by atoms with Crippen LogP contribution in [0, 0.1) is 13.8 Å². The van der Waals surface area contributed by atoms with Crippen LogP contribution in [0.4, 0.5) is 10.9 Å². The van der Waals surface area contributed by atoms with Gasteiger partial charge >= 0.3 is 0 Å². The molecule has 0 radical (unpaired) electrons. The highest BCUT2D eigenvalue weighted by Gasteiger charge is 2.40. The number of carbonyl (C=O) groups is 1. The zero-order chi connectivity index (χ0) is 19.7. The zero-order valence-electron chi connectivity index (χ0n) is 16.8. The summed E-state index contributed by atoms with van der Waals surface area (Å²) >= 11 is 1.61. The first-order valence-corrected chi connectivity index (χ1v) is 10.8. The predicted molar refractivity (Wildman–Crippen MR) is 111 cm³/mol. The first-order chi connectivity index (χ1) is 13.4. The summed E-state index contributed by atoms with van der Waals surface area (Å²) in [7, 11) is 0. The SMILES string of the molecule is Cc1cc(Nc2ncc(C)s2)nc(C2CCN(C(=O)C3(C)CCCN3)CC2)n1. The summed E-state index contributed by atoms with van der Waals surface area (Å²) < 4.78 is 0. The van der Waals surface area contributed by atoms with E-state index in [4.69, 9.17) is 4.98 Å². The van der Waals surface area contributed by atoms with E-state index in [0.717, 1.165) is 72.7 Å². The van der Waals surface area contributed by atoms with E-state index in [9.17, 15) is 4.79 Å². The standard InChI is InChI=1S/C20H28N6OS/c1-13-11-16(25-19-21-12-14(2)28-19)24-17(23-13)15-5-9-26(10-6-15)18(27)20(3)7-4-8-22-20/h11-12,15,22H,4-10H2,1-3H3,(H,21,23,24,25). The molecule has 2 N–H and O–H groups in total. The van der Waals surface area contributed by atoms with Gasteiger partial charge in [0.15, 0.2) is 5.13 Å². The van der Waals surface area contributed by atoms with Crippen molar-refractivity contribution in [3.05, 3.63) is 28.7 Å². The van der Waals surface area contributed by atoms with Crippen LogP contribution in [0.1, 0.15) is 54.9 Å². The van der Waals surface area contributed by atoms with E-state index in [1.807, 2.05) is 37.9 Å². The van der Waals surface area contributed by atoms with Crippen molar-refractivity contribution in [3.8, 4) is 0 Å². The highest BCUT2D eigenvalue weighted by atomic mass is 32.1. The molecule has 28 heavy (non-hydrogen) atoms. The van der Waals surface area contributed by atoms with Crippen LogP contribution in [0.2, 0.25) is 0 Å². The fourth-order valence-electron chi connectivity index (χ4n) is 4.13. The molecular formula is C20H28N6OS. The average Bonchev–Trinajstić information content (AvgIpc) is 3.30. The Kier molecular flexibility index (Phi) is 5.33. The lowest BCUT2D eigenvalue weighted by molar-refractivity contribution is -0.138. The maximum Gasteiger partial charge on any atom is 0.242 e. The topological polar surface area (TPSA) is 83.0 Å². The second-order valence-corrected chi connectivity index (χ2v) is 9.32. The lowest BCUT2D eigenvalue weighted by Gasteiger charge is -2.36. The van der Waals surface area contributed by atoms with Crippen molar-refractivity contribution in [2.24, 2.45) is 0 Å². The molecule has 1 unspecified atom stereocenters. The number of nitrogens with zero attached hydrogens (tertiary/aromatic N) is 4. The molecule has 150 valence electrons. The number of nitrogens with one attached hydrogen (secondary N) is 2. The van der Waals surface area contributed by atoms with Crippen molar-refractivity contribution in [2.45, 2.75) is 57.9 Å². The smallest absolute Gasteiger partial charge is 0.242 e. The van der Waals surface area contributed by atoms with Gasteiger partial charge in [0.1, 0.15) is 11.6 Å². The van der Waals surface area contributed by atoms with Gasteiger partial charge in [-0.3, -0.25) is 4.79 Å². The molecule has 4 heterocycles. The molecule has 0 saturated carbocycles. The van der Waals surface area contributed by atoms with Crippen molar-refractivity contribution < 1.29 is 4.79 Å². The first kappa shape index (κ1) is 19.3. The fraction of sp³-hybridized carbons (Fsp3) is 0.600. The van der Waals surface area contributed by atoms with Crippen LogP contribution in [-0.2, 0) is 4.79 Å². The molecule has 4 rings (SSSR count). The number of piperidine rings is 1. The van der Waals surface area contributed by atoms with Gasteiger partial charge in [-0.25, -0.2) is 15.0 Å². The monoisotopic (exact) mass is 400 g/mol. The van der Waals surface area contributed by atoms with E-state index >= 15 is 0 Å². The van der Waals surface area contributed by atoms with Crippen LogP contribution in [0.25, 0.3) is 0 Å². The van der Waals surface area contributed by atoms with Crippen molar-refractivity contribution >= 4 is 28.2 Å². The second kappa shape index (κ2) is 7.75. The van der Waals surface area contributed by atoms with Gasteiger partial charge in [-0.1, -0.05) is 0 Å². The highest BCUT2D eigenvalue weighted by molar-refractivity contribution is 7.15. The van der Waals surface area contributed by atoms with Gasteiger partial charge in [0.25, 0.3) is 0 Å². The number of carbonyl (C=O) groups excluding carboxylic acids is 1. The van der Waals surface area contributed by atoms with E-state index < -0.39 is 0 Å². The van der Waals surface area contributed by atoms with E-state index in [-0.39, 0.29) is 17.4 Å². The van der Waals surface area contributed by atoms with Crippen LogP contribution >= 0.6 is 11.3 Å². The highest BCUT2D eigenvalue weighted by Crippen LogP contribution is 2.30. The Morgan fingerprint density at radius 1 is 1.32 bits per heavy atom. The van der Waals surface area contributed by atoms with Crippen LogP contribution in [0.5, 0.6) is 0 Å². The fourth-order valence-corrected chi connectivity index (χ4v) is 4.80. The van der Waals surface area contributed by atoms with Crippen LogP contribution in [0.3, 0.4) is 0 Å². The Bertz CT molecular complexity index is 852. The zero-order valence-corrected chi connectivity index (χ0v) is 17.6. The van der Waals surface area contributed by atoms with Gasteiger partial charge in [-0.05, 0) is 53.0 Å². The van der Waals surface area contributed by atoms with Gasteiger partial charge in [-0.15, -0.1) is 11.3 Å². The molecule has 0 spiro atoms. The van der Waals surface area contributed by atoms with Crippen LogP contribution in [-0.4, -0.2) is 50.9 Å². The Hall–Kier alpha value is -2.06. The summed E-state index contributed by atoms with van der Waals surface area (Å²) in [6, 6.07) is 1.95. The number of hydrogen-bond donors (Lipinski definition) is 2. The van der Waals surface area contributed by atoms with Crippen molar-refractivity contribution in [3.63, 3.8) is 0 Å². The second-order valence-electron chi connectivity index (χ2n) is 8.08. The van der Waals surface area contributed by atoms with Crippen molar-refractivity contribution in [1.82, 2.24) is 25.2 Å². The Morgan fingerprint density at radius 2 is 2.11 bits per heavy atom. The minimum absolute atomic E-state index is 0.245. The van der Waals surface area contributed by atoms with Crippen molar-refractivity contribution in [1.29, 1.82) is 0 Å². The average molecular weight is 401 g/mol. The van der Waals surface area contributed by atoms with Crippen molar-refractivity contribution in [2.75, 3.05) is 25.0 Å². The summed E-state index contributed by atoms with van der Waals surface area (Å²) in [6.45, 7) is 8.55. The number of thiazole rings is 1. The molecule has 2 saturated heterocycles. The maximum absolute atomic E-state index is 12.9. The molecule has 8 heteroatoms. The lowest BCUT2D eigenvalue weighted by atomic mass is 9.92. The molecule has 2 aliphatic rings. The summed E-state index contributed by atoms with van der Waals surface area (Å²) in [5, 5.41) is 7.53. The van der Waals surface area contributed by atoms with E-state index in [0.29, 0.717) is 0 Å². The number of hydrogen-bond acceptors (Lipinski definition) is 7. The predicted octanol–water partition coefficient (Wildman–Crippen LogP) is 3.14. The van der Waals surface area contributed by atoms with E-state index in [1.54, 1.807) is 11.3 Å². The van der Waals surface area contributed by atoms with E-state index in [2.05, 4.69) is 20.6 Å². The third-order valence-electron chi connectivity index (χ3n) is 5.72. The Balaban J connectivity index is 1.42. The molecule has 2 aromatic heterocycles. The third-order valence-corrected chi connectivity index (χ3v) is 6.54. The lowest BCUT2D eigenvalue weighted by Crippen LogP contribution is -2.54. The molecule has 0 aliphatic carbocycles. The van der Waals surface area contributed by atoms with Gasteiger partial charge in [0.2, 0.25) is 5.91 Å². The number of likely N-dealkylation sites (tertiary alicyclic amines) is 1. The summed E-state index contributed by atoms with van der Waals surface area (Å²) in [5.41, 5.74) is 0.567. The quantitative estimate of drug-likeness (QED) is 0.820. The number of aromatic nitrogens is 3. The van der Waals surface area contributed by atoms with Gasteiger partial charge in [0, 0.05) is 41.8 Å². The normalized spacial score (nSPS) is 23.2. The van der Waals surface area contributed by atoms with Gasteiger partial charge in [0.05, 0.1) is 5.54 Å². The molecule has 7 nitrogen and oxygen atoms in total. The number of aryl methyl sites for hydroxylation is 2. The summed E-state index contributed by atoms with van der Waals surface area (Å²) in [4.78, 5) is 29.9.